The lowest BCUT2D eigenvalue weighted by Crippen LogP contribution is -2.36. The summed E-state index contributed by atoms with van der Waals surface area (Å²) in [5, 5.41) is 2.85. The molecule has 3 rings (SSSR count). The van der Waals surface area contributed by atoms with Crippen LogP contribution in [0.15, 0.2) is 53.4 Å². The van der Waals surface area contributed by atoms with E-state index in [1.54, 1.807) is 19.2 Å². The highest BCUT2D eigenvalue weighted by Crippen LogP contribution is 2.31. The Morgan fingerprint density at radius 2 is 1.90 bits per heavy atom. The molecule has 1 aliphatic heterocycles. The van der Waals surface area contributed by atoms with Crippen LogP contribution in [0.5, 0.6) is 5.75 Å². The molecule has 1 aliphatic rings. The van der Waals surface area contributed by atoms with Crippen LogP contribution in [0.2, 0.25) is 0 Å². The molecule has 0 saturated carbocycles. The van der Waals surface area contributed by atoms with E-state index >= 15 is 0 Å². The highest BCUT2D eigenvalue weighted by molar-refractivity contribution is 7.90. The summed E-state index contributed by atoms with van der Waals surface area (Å²) >= 11 is 0. The van der Waals surface area contributed by atoms with E-state index < -0.39 is 9.84 Å². The van der Waals surface area contributed by atoms with Crippen LogP contribution >= 0.6 is 0 Å². The van der Waals surface area contributed by atoms with Crippen LogP contribution in [-0.2, 0) is 14.6 Å². The number of hydrogen-bond acceptors (Lipinski definition) is 5. The summed E-state index contributed by atoms with van der Waals surface area (Å²) < 4.78 is 28.7. The lowest BCUT2D eigenvalue weighted by Gasteiger charge is -2.29. The maximum absolute atomic E-state index is 12.7. The third kappa shape index (κ3) is 5.81. The summed E-state index contributed by atoms with van der Waals surface area (Å²) in [6.07, 6.45) is 5.50. The molecule has 2 aromatic carbocycles. The van der Waals surface area contributed by atoms with Gasteiger partial charge in [-0.1, -0.05) is 31.0 Å². The van der Waals surface area contributed by atoms with Gasteiger partial charge in [0.1, 0.15) is 5.75 Å². The van der Waals surface area contributed by atoms with Gasteiger partial charge in [0, 0.05) is 18.0 Å². The Bertz CT molecular complexity index is 942. The van der Waals surface area contributed by atoms with Gasteiger partial charge in [0.2, 0.25) is 5.91 Å². The van der Waals surface area contributed by atoms with Crippen molar-refractivity contribution in [2.24, 2.45) is 0 Å². The predicted octanol–water partition coefficient (Wildman–Crippen LogP) is 3.65. The maximum atomic E-state index is 12.7. The molecule has 1 saturated heterocycles. The molecule has 1 fully saturated rings. The van der Waals surface area contributed by atoms with Crippen LogP contribution in [0.1, 0.15) is 37.3 Å². The molecular formula is C22H28N2O4S. The number of carbonyl (C=O) groups is 1. The van der Waals surface area contributed by atoms with Gasteiger partial charge in [-0.05, 0) is 55.3 Å². The molecule has 0 spiro atoms. The summed E-state index contributed by atoms with van der Waals surface area (Å²) in [7, 11) is -1.67. The first-order valence-electron chi connectivity index (χ1n) is 9.85. The van der Waals surface area contributed by atoms with Crippen molar-refractivity contribution in [3.8, 4) is 5.75 Å². The summed E-state index contributed by atoms with van der Waals surface area (Å²) in [6.45, 7) is 1.12. The van der Waals surface area contributed by atoms with Gasteiger partial charge < -0.3 is 10.1 Å². The Labute approximate surface area is 172 Å². The van der Waals surface area contributed by atoms with E-state index in [0.717, 1.165) is 44.2 Å². The normalized spacial score (nSPS) is 18.1. The van der Waals surface area contributed by atoms with Crippen LogP contribution in [0, 0.1) is 0 Å². The smallest absolute Gasteiger partial charge is 0.238 e. The van der Waals surface area contributed by atoms with Gasteiger partial charge in [0.25, 0.3) is 0 Å². The first kappa shape index (κ1) is 21.3. The molecule has 2 aromatic rings. The van der Waals surface area contributed by atoms with Crippen LogP contribution in [0.25, 0.3) is 0 Å². The molecule has 0 radical (unpaired) electrons. The van der Waals surface area contributed by atoms with Crippen molar-refractivity contribution in [2.75, 3.05) is 31.8 Å². The largest absolute Gasteiger partial charge is 0.497 e. The molecule has 6 nitrogen and oxygen atoms in total. The van der Waals surface area contributed by atoms with Crippen molar-refractivity contribution >= 4 is 21.4 Å². The quantitative estimate of drug-likeness (QED) is 0.778. The topological polar surface area (TPSA) is 75.7 Å². The molecule has 0 bridgehead atoms. The minimum Gasteiger partial charge on any atom is -0.497 e. The third-order valence-electron chi connectivity index (χ3n) is 5.26. The van der Waals surface area contributed by atoms with Gasteiger partial charge in [-0.15, -0.1) is 0 Å². The minimum atomic E-state index is -3.32. The molecular weight excluding hydrogens is 388 g/mol. The van der Waals surface area contributed by atoms with E-state index in [2.05, 4.69) is 22.3 Å². The molecule has 1 N–H and O–H groups in total. The summed E-state index contributed by atoms with van der Waals surface area (Å²) in [6, 6.07) is 14.6. The first-order valence-corrected chi connectivity index (χ1v) is 11.7. The number of amides is 1. The van der Waals surface area contributed by atoms with E-state index in [-0.39, 0.29) is 23.4 Å². The number of rotatable bonds is 6. The highest BCUT2D eigenvalue weighted by atomic mass is 32.2. The van der Waals surface area contributed by atoms with Gasteiger partial charge in [-0.3, -0.25) is 9.69 Å². The predicted molar refractivity (Wildman–Crippen MR) is 114 cm³/mol. The van der Waals surface area contributed by atoms with Crippen molar-refractivity contribution in [1.82, 2.24) is 4.90 Å². The fourth-order valence-electron chi connectivity index (χ4n) is 3.75. The number of nitrogens with zero attached hydrogens (tertiary/aromatic N) is 1. The number of carbonyl (C=O) groups excluding carboxylic acids is 1. The number of sulfone groups is 1. The highest BCUT2D eigenvalue weighted by Gasteiger charge is 2.24. The number of nitrogens with one attached hydrogen (secondary N) is 1. The molecule has 1 unspecified atom stereocenters. The number of hydrogen-bond donors (Lipinski definition) is 1. The number of methoxy groups -OCH3 is 1. The molecule has 156 valence electrons. The number of benzene rings is 2. The second-order valence-electron chi connectivity index (χ2n) is 7.46. The van der Waals surface area contributed by atoms with Crippen molar-refractivity contribution in [3.63, 3.8) is 0 Å². The Morgan fingerprint density at radius 1 is 1.14 bits per heavy atom. The van der Waals surface area contributed by atoms with Crippen LogP contribution in [0.3, 0.4) is 0 Å². The van der Waals surface area contributed by atoms with Crippen molar-refractivity contribution < 1.29 is 17.9 Å². The van der Waals surface area contributed by atoms with E-state index in [1.807, 2.05) is 12.1 Å². The summed E-state index contributed by atoms with van der Waals surface area (Å²) in [4.78, 5) is 15.1. The van der Waals surface area contributed by atoms with Gasteiger partial charge >= 0.3 is 0 Å². The van der Waals surface area contributed by atoms with E-state index in [0.29, 0.717) is 5.69 Å². The monoisotopic (exact) mass is 416 g/mol. The number of likely N-dealkylation sites (tertiary alicyclic amines) is 1. The van der Waals surface area contributed by atoms with Gasteiger partial charge in [-0.2, -0.15) is 0 Å². The molecule has 1 atom stereocenters. The van der Waals surface area contributed by atoms with Crippen LogP contribution in [0.4, 0.5) is 5.69 Å². The minimum absolute atomic E-state index is 0.143. The fourth-order valence-corrected chi connectivity index (χ4v) is 4.42. The van der Waals surface area contributed by atoms with Crippen molar-refractivity contribution in [1.29, 1.82) is 0 Å². The third-order valence-corrected chi connectivity index (χ3v) is 6.37. The van der Waals surface area contributed by atoms with Gasteiger partial charge in [-0.25, -0.2) is 8.42 Å². The van der Waals surface area contributed by atoms with E-state index in [4.69, 9.17) is 4.74 Å². The zero-order valence-corrected chi connectivity index (χ0v) is 17.7. The van der Waals surface area contributed by atoms with Crippen LogP contribution < -0.4 is 10.1 Å². The lowest BCUT2D eigenvalue weighted by atomic mass is 10.0. The first-order chi connectivity index (χ1) is 13.9. The van der Waals surface area contributed by atoms with Crippen molar-refractivity contribution in [3.05, 3.63) is 54.1 Å². The van der Waals surface area contributed by atoms with E-state index in [1.165, 1.54) is 17.7 Å². The fraction of sp³-hybridized carbons (Fsp3) is 0.409. The molecule has 1 heterocycles. The molecule has 0 aromatic heterocycles. The van der Waals surface area contributed by atoms with Gasteiger partial charge in [0.05, 0.1) is 18.6 Å². The Kier molecular flexibility index (Phi) is 6.92. The number of anilines is 1. The Hall–Kier alpha value is -2.38. The maximum Gasteiger partial charge on any atom is 0.238 e. The molecule has 29 heavy (non-hydrogen) atoms. The lowest BCUT2D eigenvalue weighted by molar-refractivity contribution is -0.117. The Balaban J connectivity index is 1.72. The molecule has 1 amide bonds. The summed E-state index contributed by atoms with van der Waals surface area (Å²) in [5.41, 5.74) is 1.67. The zero-order valence-electron chi connectivity index (χ0n) is 16.9. The SMILES string of the molecule is COc1ccc(C2CCCCCN2CC(=O)Nc2cccc(S(C)(=O)=O)c2)cc1. The standard InChI is InChI=1S/C22H28N2O4S/c1-28-19-12-10-17(11-13-19)21-9-4-3-5-14-24(21)16-22(25)23-18-7-6-8-20(15-18)29(2,26)27/h6-8,10-13,15,21H,3-5,9,14,16H2,1-2H3,(H,23,25). The average Bonchev–Trinajstić information content (AvgIpc) is 2.93. The molecule has 0 aliphatic carbocycles. The van der Waals surface area contributed by atoms with E-state index in [9.17, 15) is 13.2 Å². The average molecular weight is 417 g/mol. The van der Waals surface area contributed by atoms with Gasteiger partial charge in [0.15, 0.2) is 9.84 Å². The molecule has 7 heteroatoms. The summed E-state index contributed by atoms with van der Waals surface area (Å²) in [5.74, 6) is 0.675. The second-order valence-corrected chi connectivity index (χ2v) is 9.47. The van der Waals surface area contributed by atoms with Crippen molar-refractivity contribution in [2.45, 2.75) is 36.6 Å². The zero-order chi connectivity index (χ0) is 20.9. The number of ether oxygens (including phenoxy) is 1. The second kappa shape index (κ2) is 9.41. The Morgan fingerprint density at radius 3 is 2.59 bits per heavy atom. The van der Waals surface area contributed by atoms with Crippen LogP contribution in [-0.4, -0.2) is 45.7 Å².